The molecule has 0 nitrogen and oxygen atoms in total. The van der Waals surface area contributed by atoms with Crippen LogP contribution in [0.5, 0.6) is 0 Å². The molecule has 2 saturated carbocycles. The molecule has 0 spiro atoms. The first-order valence-electron chi connectivity index (χ1n) is 11.5. The Morgan fingerprint density at radius 3 is 1.15 bits per heavy atom. The van der Waals surface area contributed by atoms with E-state index in [-0.39, 0.29) is 0 Å². The molecule has 154 valence electrons. The van der Waals surface area contributed by atoms with Gasteiger partial charge in [-0.3, -0.25) is 0 Å². The molecule has 2 fully saturated rings. The second kappa shape index (κ2) is 7.10. The summed E-state index contributed by atoms with van der Waals surface area (Å²) in [5.41, 5.74) is 2.15. The molecule has 0 radical (unpaired) electrons. The Labute approximate surface area is 169 Å². The van der Waals surface area contributed by atoms with E-state index in [9.17, 15) is 0 Å². The molecule has 26 heavy (non-hydrogen) atoms. The van der Waals surface area contributed by atoms with E-state index in [4.69, 9.17) is 0 Å². The van der Waals surface area contributed by atoms with Crippen molar-refractivity contribution < 1.29 is 0 Å². The van der Waals surface area contributed by atoms with Crippen LogP contribution in [0.25, 0.3) is 0 Å². The van der Waals surface area contributed by atoms with Crippen LogP contribution >= 0.6 is 0 Å². The first-order valence-corrected chi connectivity index (χ1v) is 17.5. The minimum absolute atomic E-state index is 0.537. The predicted octanol–water partition coefficient (Wildman–Crippen LogP) is 8.93. The molecule has 0 aromatic rings. The van der Waals surface area contributed by atoms with Crippen LogP contribution < -0.4 is 0 Å². The van der Waals surface area contributed by atoms with Crippen molar-refractivity contribution in [2.45, 2.75) is 128 Å². The van der Waals surface area contributed by atoms with Gasteiger partial charge in [-0.25, -0.2) is 0 Å². The fourth-order valence-corrected chi connectivity index (χ4v) is 23.2. The van der Waals surface area contributed by atoms with Gasteiger partial charge in [-0.2, -0.15) is 0 Å². The topological polar surface area (TPSA) is 0 Å². The summed E-state index contributed by atoms with van der Waals surface area (Å²) in [4.78, 5) is 0. The third kappa shape index (κ3) is 5.54. The van der Waals surface area contributed by atoms with E-state index in [2.05, 4.69) is 75.0 Å². The van der Waals surface area contributed by atoms with Gasteiger partial charge < -0.3 is 0 Å². The van der Waals surface area contributed by atoms with Crippen LogP contribution in [0.1, 0.15) is 108 Å². The molecule has 0 aromatic heterocycles. The van der Waals surface area contributed by atoms with Gasteiger partial charge in [0, 0.05) is 0 Å². The third-order valence-corrected chi connectivity index (χ3v) is 20.9. The Bertz CT molecular complexity index is 424. The molecule has 0 bridgehead atoms. The first kappa shape index (κ1) is 22.8. The summed E-state index contributed by atoms with van der Waals surface area (Å²) in [6.45, 7) is 25.5. The molecule has 2 aliphatic rings. The quantitative estimate of drug-likeness (QED) is 0.396. The van der Waals surface area contributed by atoms with E-state index in [0.29, 0.717) is 21.7 Å². The number of hydrogen-bond acceptors (Lipinski definition) is 0. The van der Waals surface area contributed by atoms with Crippen molar-refractivity contribution in [3.8, 4) is 0 Å². The summed E-state index contributed by atoms with van der Waals surface area (Å²) >= 11 is -2.01. The molecule has 0 aromatic carbocycles. The normalized spacial score (nSPS) is 29.1. The minimum atomic E-state index is -2.01. The molecule has 0 unspecified atom stereocenters. The van der Waals surface area contributed by atoms with E-state index in [1.54, 1.807) is 5.25 Å². The number of hydrogen-bond donors (Lipinski definition) is 0. The summed E-state index contributed by atoms with van der Waals surface area (Å²) in [7, 11) is 0. The summed E-state index contributed by atoms with van der Waals surface area (Å²) in [5, 5.41) is 1.59. The Kier molecular flexibility index (Phi) is 6.24. The Morgan fingerprint density at radius 1 is 0.654 bits per heavy atom. The van der Waals surface area contributed by atoms with Crippen molar-refractivity contribution in [3.05, 3.63) is 0 Å². The summed E-state index contributed by atoms with van der Waals surface area (Å²) in [6, 6.07) is 0. The second-order valence-corrected chi connectivity index (χ2v) is 24.9. The van der Waals surface area contributed by atoms with Crippen molar-refractivity contribution in [3.63, 3.8) is 0 Å². The first-order chi connectivity index (χ1) is 11.5. The molecule has 0 amide bonds. The maximum absolute atomic E-state index is 2.89. The van der Waals surface area contributed by atoms with Crippen molar-refractivity contribution in [2.75, 3.05) is 0 Å². The van der Waals surface area contributed by atoms with Gasteiger partial charge in [0.25, 0.3) is 0 Å². The average molecular weight is 423 g/mol. The van der Waals surface area contributed by atoms with Crippen molar-refractivity contribution in [2.24, 2.45) is 27.6 Å². The van der Waals surface area contributed by atoms with E-state index in [1.165, 1.54) is 38.5 Å². The van der Waals surface area contributed by atoms with Crippen LogP contribution in [0, 0.1) is 27.6 Å². The summed E-state index contributed by atoms with van der Waals surface area (Å²) in [6.07, 6.45) is 8.87. The van der Waals surface area contributed by atoms with Crippen LogP contribution in [0.2, 0.25) is 20.5 Å². The molecule has 0 N–H and O–H groups in total. The van der Waals surface area contributed by atoms with Crippen molar-refractivity contribution >= 4 is 13.3 Å². The summed E-state index contributed by atoms with van der Waals surface area (Å²) < 4.78 is 2.12. The van der Waals surface area contributed by atoms with E-state index in [0.717, 1.165) is 15.4 Å². The zero-order chi connectivity index (χ0) is 20.2. The molecule has 0 saturated heterocycles. The molecule has 1 heteroatoms. The molecule has 0 aliphatic heterocycles. The van der Waals surface area contributed by atoms with E-state index >= 15 is 0 Å². The molecular weight excluding hydrogens is 373 g/mol. The Morgan fingerprint density at radius 2 is 0.923 bits per heavy atom. The van der Waals surface area contributed by atoms with Gasteiger partial charge in [-0.1, -0.05) is 0 Å². The molecular formula is C25H50Ge. The second-order valence-electron chi connectivity index (χ2n) is 14.3. The van der Waals surface area contributed by atoms with Crippen LogP contribution in [0.15, 0.2) is 0 Å². The van der Waals surface area contributed by atoms with Crippen LogP contribution in [0.3, 0.4) is 0 Å². The SMILES string of the molecule is CC(C)[CH2][Ge]([CH3])([CH]1CC(C)(C)CC(C)(C)C1)[CH]1CC(C)(C)CC(C)(C)C1. The molecule has 0 heterocycles. The predicted molar refractivity (Wildman–Crippen MR) is 122 cm³/mol. The van der Waals surface area contributed by atoms with E-state index in [1.807, 2.05) is 0 Å². The van der Waals surface area contributed by atoms with Gasteiger partial charge in [0.2, 0.25) is 0 Å². The van der Waals surface area contributed by atoms with Gasteiger partial charge in [-0.15, -0.1) is 0 Å². The monoisotopic (exact) mass is 424 g/mol. The van der Waals surface area contributed by atoms with Gasteiger partial charge in [0.05, 0.1) is 0 Å². The van der Waals surface area contributed by atoms with Gasteiger partial charge >= 0.3 is 169 Å². The third-order valence-electron chi connectivity index (χ3n) is 7.82. The van der Waals surface area contributed by atoms with Crippen LogP contribution in [0.4, 0.5) is 0 Å². The van der Waals surface area contributed by atoms with Crippen LogP contribution in [-0.4, -0.2) is 13.3 Å². The molecule has 2 rings (SSSR count). The van der Waals surface area contributed by atoms with Crippen LogP contribution in [-0.2, 0) is 0 Å². The Hall–Kier alpha value is 0.543. The van der Waals surface area contributed by atoms with Crippen molar-refractivity contribution in [1.29, 1.82) is 0 Å². The zero-order valence-corrected chi connectivity index (χ0v) is 22.3. The van der Waals surface area contributed by atoms with Gasteiger partial charge in [0.15, 0.2) is 0 Å². The van der Waals surface area contributed by atoms with Gasteiger partial charge in [0.1, 0.15) is 0 Å². The average Bonchev–Trinajstić information content (AvgIpc) is 2.29. The fourth-order valence-electron chi connectivity index (χ4n) is 8.17. The summed E-state index contributed by atoms with van der Waals surface area (Å²) in [5.74, 6) is 3.77. The Balaban J connectivity index is 2.41. The fraction of sp³-hybridized carbons (Fsp3) is 1.00. The van der Waals surface area contributed by atoms with Crippen molar-refractivity contribution in [1.82, 2.24) is 0 Å². The van der Waals surface area contributed by atoms with Gasteiger partial charge in [-0.05, 0) is 0 Å². The molecule has 0 atom stereocenters. The number of rotatable bonds is 4. The zero-order valence-electron chi connectivity index (χ0n) is 20.2. The standard InChI is InChI=1S/C25H50Ge/c1-19(2)16-26(11,20-12-22(3,4)17-23(5,6)13-20)21-14-24(7,8)18-25(9,10)15-21/h19-21H,12-18H2,1-11H3. The maximum atomic E-state index is 2.89. The molecule has 2 aliphatic carbocycles. The van der Waals surface area contributed by atoms with E-state index < -0.39 is 13.3 Å².